The molecule has 14 heavy (non-hydrogen) atoms. The number of fused-ring (bicyclic) bond motifs is 1. The van der Waals surface area contributed by atoms with Crippen LogP contribution in [-0.2, 0) is 0 Å². The average Bonchev–Trinajstić information content (AvgIpc) is 2.74. The molecular formula is C7HN7. The first-order valence-electron chi connectivity index (χ1n) is 3.49. The summed E-state index contributed by atoms with van der Waals surface area (Å²) in [5.41, 5.74) is 0.222. The Morgan fingerprint density at radius 1 is 1.07 bits per heavy atom. The summed E-state index contributed by atoms with van der Waals surface area (Å²) in [7, 11) is 0. The summed E-state index contributed by atoms with van der Waals surface area (Å²) < 4.78 is 1.21. The van der Waals surface area contributed by atoms with E-state index in [0.29, 0.717) is 0 Å². The maximum Gasteiger partial charge on any atom is 0.235 e. The molecule has 0 atom stereocenters. The van der Waals surface area contributed by atoms with Crippen molar-refractivity contribution in [2.24, 2.45) is 0 Å². The molecule has 7 heteroatoms. The van der Waals surface area contributed by atoms with E-state index >= 15 is 0 Å². The summed E-state index contributed by atoms with van der Waals surface area (Å²) in [5, 5.41) is 28.4. The van der Waals surface area contributed by atoms with Gasteiger partial charge in [-0.3, -0.25) is 5.10 Å². The lowest BCUT2D eigenvalue weighted by atomic mass is 10.5. The van der Waals surface area contributed by atoms with Gasteiger partial charge in [-0.25, -0.2) is 9.50 Å². The van der Waals surface area contributed by atoms with E-state index in [4.69, 9.17) is 15.8 Å². The topological polar surface area (TPSA) is 117 Å². The van der Waals surface area contributed by atoms with E-state index in [2.05, 4.69) is 15.1 Å². The van der Waals surface area contributed by atoms with E-state index in [-0.39, 0.29) is 23.0 Å². The van der Waals surface area contributed by atoms with E-state index in [1.165, 1.54) is 4.52 Å². The molecule has 0 saturated heterocycles. The predicted molar refractivity (Wildman–Crippen MR) is 41.5 cm³/mol. The molecule has 0 fully saturated rings. The Labute approximate surface area is 77.4 Å². The highest BCUT2D eigenvalue weighted by Gasteiger charge is 2.14. The van der Waals surface area contributed by atoms with Crippen molar-refractivity contribution in [1.82, 2.24) is 19.6 Å². The smallest absolute Gasteiger partial charge is 0.235 e. The van der Waals surface area contributed by atoms with Crippen LogP contribution < -0.4 is 0 Å². The quantitative estimate of drug-likeness (QED) is 0.600. The van der Waals surface area contributed by atoms with Gasteiger partial charge in [0.1, 0.15) is 18.2 Å². The number of aromatic nitrogens is 4. The Morgan fingerprint density at radius 2 is 1.86 bits per heavy atom. The minimum absolute atomic E-state index is 0.00514. The van der Waals surface area contributed by atoms with Crippen molar-refractivity contribution in [3.05, 3.63) is 17.3 Å². The average molecular weight is 183 g/mol. The van der Waals surface area contributed by atoms with Crippen LogP contribution in [-0.4, -0.2) is 19.6 Å². The number of nitriles is 3. The van der Waals surface area contributed by atoms with Gasteiger partial charge in [-0.2, -0.15) is 20.8 Å². The molecule has 2 rings (SSSR count). The van der Waals surface area contributed by atoms with Gasteiger partial charge >= 0.3 is 0 Å². The third kappa shape index (κ3) is 0.825. The molecule has 0 unspecified atom stereocenters. The summed E-state index contributed by atoms with van der Waals surface area (Å²) in [6, 6.07) is 5.34. The standard InChI is InChI=1S/C7HN7/c8-1-4-7-12-5(2-9)13-14(7)6(3-10)11-4/h(H,12,13). The van der Waals surface area contributed by atoms with Crippen LogP contribution in [0.15, 0.2) is 0 Å². The minimum Gasteiger partial charge on any atom is -0.264 e. The lowest BCUT2D eigenvalue weighted by Gasteiger charge is -1.80. The summed E-state index contributed by atoms with van der Waals surface area (Å²) in [4.78, 5) is 7.48. The van der Waals surface area contributed by atoms with Crippen LogP contribution in [0.3, 0.4) is 0 Å². The highest BCUT2D eigenvalue weighted by Crippen LogP contribution is 2.08. The minimum atomic E-state index is 0.00514. The number of aromatic amines is 1. The van der Waals surface area contributed by atoms with Gasteiger partial charge in [0.2, 0.25) is 11.6 Å². The fourth-order valence-electron chi connectivity index (χ4n) is 1.06. The maximum absolute atomic E-state index is 8.65. The molecule has 64 valence electrons. The number of rotatable bonds is 0. The molecule has 0 radical (unpaired) electrons. The van der Waals surface area contributed by atoms with E-state index in [0.717, 1.165) is 0 Å². The van der Waals surface area contributed by atoms with Gasteiger partial charge in [-0.05, 0) is 0 Å². The molecule has 0 aliphatic rings. The molecule has 1 N–H and O–H groups in total. The second kappa shape index (κ2) is 2.58. The Hall–Kier alpha value is -2.85. The van der Waals surface area contributed by atoms with Crippen molar-refractivity contribution < 1.29 is 0 Å². The third-order valence-corrected chi connectivity index (χ3v) is 1.60. The van der Waals surface area contributed by atoms with Gasteiger partial charge in [0.25, 0.3) is 0 Å². The Balaban J connectivity index is 2.89. The number of nitrogens with zero attached hydrogens (tertiary/aromatic N) is 6. The van der Waals surface area contributed by atoms with Gasteiger partial charge in [-0.15, -0.1) is 0 Å². The fourth-order valence-corrected chi connectivity index (χ4v) is 1.06. The number of hydrogen-bond acceptors (Lipinski definition) is 5. The first-order valence-corrected chi connectivity index (χ1v) is 3.49. The number of H-pyrrole nitrogens is 1. The van der Waals surface area contributed by atoms with Gasteiger partial charge in [0.05, 0.1) is 0 Å². The van der Waals surface area contributed by atoms with Crippen molar-refractivity contribution >= 4 is 5.65 Å². The van der Waals surface area contributed by atoms with Crippen LogP contribution in [0, 0.1) is 34.0 Å². The molecule has 0 aliphatic carbocycles. The van der Waals surface area contributed by atoms with Crippen molar-refractivity contribution in [2.75, 3.05) is 0 Å². The second-order valence-corrected chi connectivity index (χ2v) is 2.35. The van der Waals surface area contributed by atoms with Gasteiger partial charge in [0.15, 0.2) is 11.3 Å². The van der Waals surface area contributed by atoms with Gasteiger partial charge in [0, 0.05) is 0 Å². The fraction of sp³-hybridized carbons (Fsp3) is 0. The van der Waals surface area contributed by atoms with Crippen molar-refractivity contribution in [2.45, 2.75) is 0 Å². The molecule has 2 heterocycles. The monoisotopic (exact) mass is 183 g/mol. The number of imidazole rings is 1. The SMILES string of the molecule is N#Cc1nc2c(C#N)nc(C#N)n2[nH]1. The molecular weight excluding hydrogens is 182 g/mol. The number of hydrogen-bond donors (Lipinski definition) is 1. The van der Waals surface area contributed by atoms with Crippen molar-refractivity contribution in [1.29, 1.82) is 15.8 Å². The summed E-state index contributed by atoms with van der Waals surface area (Å²) in [6.45, 7) is 0. The van der Waals surface area contributed by atoms with E-state index in [9.17, 15) is 0 Å². The van der Waals surface area contributed by atoms with Crippen LogP contribution in [0.25, 0.3) is 5.65 Å². The highest BCUT2D eigenvalue weighted by atomic mass is 15.3. The first kappa shape index (κ1) is 7.78. The molecule has 0 amide bonds. The molecule has 0 spiro atoms. The normalized spacial score (nSPS) is 9.21. The Morgan fingerprint density at radius 3 is 2.43 bits per heavy atom. The zero-order valence-corrected chi connectivity index (χ0v) is 6.68. The lowest BCUT2D eigenvalue weighted by Crippen LogP contribution is -1.89. The third-order valence-electron chi connectivity index (χ3n) is 1.60. The molecule has 0 bridgehead atoms. The van der Waals surface area contributed by atoms with E-state index < -0.39 is 0 Å². The molecule has 7 nitrogen and oxygen atoms in total. The molecule has 0 aliphatic heterocycles. The summed E-state index contributed by atoms with van der Waals surface area (Å²) >= 11 is 0. The molecule has 0 saturated carbocycles. The largest absolute Gasteiger partial charge is 0.264 e. The predicted octanol–water partition coefficient (Wildman–Crippen LogP) is -0.328. The highest BCUT2D eigenvalue weighted by molar-refractivity contribution is 5.54. The maximum atomic E-state index is 8.65. The van der Waals surface area contributed by atoms with Crippen LogP contribution >= 0.6 is 0 Å². The van der Waals surface area contributed by atoms with Gasteiger partial charge in [-0.1, -0.05) is 0 Å². The first-order chi connectivity index (χ1) is 6.80. The zero-order chi connectivity index (χ0) is 10.1. The second-order valence-electron chi connectivity index (χ2n) is 2.35. The van der Waals surface area contributed by atoms with Crippen LogP contribution in [0.4, 0.5) is 0 Å². The van der Waals surface area contributed by atoms with Crippen LogP contribution in [0.1, 0.15) is 17.3 Å². The molecule has 2 aromatic heterocycles. The summed E-state index contributed by atoms with van der Waals surface area (Å²) in [5.74, 6) is 0.0425. The van der Waals surface area contributed by atoms with Crippen LogP contribution in [0.2, 0.25) is 0 Å². The Bertz CT molecular complexity index is 577. The van der Waals surface area contributed by atoms with E-state index in [1.807, 2.05) is 0 Å². The molecule has 0 aromatic carbocycles. The zero-order valence-electron chi connectivity index (χ0n) is 6.68. The lowest BCUT2D eigenvalue weighted by molar-refractivity contribution is 0.921. The number of nitrogens with one attached hydrogen (secondary N) is 1. The van der Waals surface area contributed by atoms with Crippen LogP contribution in [0.5, 0.6) is 0 Å². The van der Waals surface area contributed by atoms with E-state index in [1.54, 1.807) is 18.2 Å². The summed E-state index contributed by atoms with van der Waals surface area (Å²) in [6.07, 6.45) is 0. The molecule has 2 aromatic rings. The van der Waals surface area contributed by atoms with Crippen molar-refractivity contribution in [3.63, 3.8) is 0 Å². The van der Waals surface area contributed by atoms with Gasteiger partial charge < -0.3 is 0 Å². The van der Waals surface area contributed by atoms with Crippen molar-refractivity contribution in [3.8, 4) is 18.2 Å². The Kier molecular flexibility index (Phi) is 1.43.